The molecule has 2 heterocycles. The first kappa shape index (κ1) is 12.7. The van der Waals surface area contributed by atoms with E-state index < -0.39 is 12.1 Å². The summed E-state index contributed by atoms with van der Waals surface area (Å²) >= 11 is 0. The van der Waals surface area contributed by atoms with Crippen LogP contribution >= 0.6 is 0 Å². The summed E-state index contributed by atoms with van der Waals surface area (Å²) in [5.74, 6) is -0.341. The number of aliphatic hydroxyl groups excluding tert-OH is 1. The second-order valence-electron chi connectivity index (χ2n) is 3.97. The summed E-state index contributed by atoms with van der Waals surface area (Å²) in [4.78, 5) is 19.5. The molecule has 2 N–H and O–H groups in total. The van der Waals surface area contributed by atoms with Gasteiger partial charge < -0.3 is 19.9 Å². The van der Waals surface area contributed by atoms with Crippen molar-refractivity contribution in [3.05, 3.63) is 18.0 Å². The van der Waals surface area contributed by atoms with Gasteiger partial charge in [-0.3, -0.25) is 4.79 Å². The fourth-order valence-electron chi connectivity index (χ4n) is 1.66. The first-order valence-electron chi connectivity index (χ1n) is 5.63. The SMILES string of the molecule is COc1ncc(C(=O)N[C@@H]2COCC[C@H]2O)cn1. The number of aromatic nitrogens is 2. The number of aliphatic hydroxyl groups is 1. The molecule has 1 aliphatic rings. The summed E-state index contributed by atoms with van der Waals surface area (Å²) in [7, 11) is 1.45. The standard InChI is InChI=1S/C11H15N3O4/c1-17-11-12-4-7(5-13-11)10(16)14-8-6-18-3-2-9(8)15/h4-5,8-9,15H,2-3,6H2,1H3,(H,14,16)/t8-,9-/m1/s1. The second-order valence-corrected chi connectivity index (χ2v) is 3.97. The van der Waals surface area contributed by atoms with Gasteiger partial charge in [-0.15, -0.1) is 0 Å². The Kier molecular flexibility index (Phi) is 4.06. The van der Waals surface area contributed by atoms with Crippen LogP contribution in [0.1, 0.15) is 16.8 Å². The van der Waals surface area contributed by atoms with Gasteiger partial charge in [0.15, 0.2) is 0 Å². The average Bonchev–Trinajstić information content (AvgIpc) is 2.41. The Labute approximate surface area is 104 Å². The minimum Gasteiger partial charge on any atom is -0.467 e. The summed E-state index contributed by atoms with van der Waals surface area (Å²) in [6.07, 6.45) is 2.68. The van der Waals surface area contributed by atoms with E-state index in [1.54, 1.807) is 0 Å². The van der Waals surface area contributed by atoms with Crippen LogP contribution in [0.5, 0.6) is 6.01 Å². The zero-order valence-corrected chi connectivity index (χ0v) is 10.00. The van der Waals surface area contributed by atoms with E-state index in [0.29, 0.717) is 25.2 Å². The summed E-state index contributed by atoms with van der Waals surface area (Å²) in [6.45, 7) is 0.823. The lowest BCUT2D eigenvalue weighted by Crippen LogP contribution is -2.49. The van der Waals surface area contributed by atoms with Crippen LogP contribution in [0.3, 0.4) is 0 Å². The van der Waals surface area contributed by atoms with Gasteiger partial charge in [0.1, 0.15) is 0 Å². The predicted molar refractivity (Wildman–Crippen MR) is 61.3 cm³/mol. The van der Waals surface area contributed by atoms with Gasteiger partial charge in [0.25, 0.3) is 5.91 Å². The van der Waals surface area contributed by atoms with Crippen molar-refractivity contribution in [2.24, 2.45) is 0 Å². The van der Waals surface area contributed by atoms with Crippen molar-refractivity contribution in [1.82, 2.24) is 15.3 Å². The number of hydrogen-bond acceptors (Lipinski definition) is 6. The molecule has 1 aromatic rings. The van der Waals surface area contributed by atoms with E-state index in [2.05, 4.69) is 15.3 Å². The third-order valence-corrected chi connectivity index (χ3v) is 2.71. The van der Waals surface area contributed by atoms with Gasteiger partial charge in [-0.1, -0.05) is 0 Å². The van der Waals surface area contributed by atoms with E-state index >= 15 is 0 Å². The molecule has 0 aliphatic carbocycles. The van der Waals surface area contributed by atoms with Crippen molar-refractivity contribution in [3.63, 3.8) is 0 Å². The molecular formula is C11H15N3O4. The van der Waals surface area contributed by atoms with Gasteiger partial charge in [0.2, 0.25) is 0 Å². The predicted octanol–water partition coefficient (Wildman–Crippen LogP) is -0.635. The number of hydrogen-bond donors (Lipinski definition) is 2. The molecule has 1 saturated heterocycles. The maximum absolute atomic E-state index is 11.9. The Hall–Kier alpha value is -1.73. The molecule has 0 saturated carbocycles. The quantitative estimate of drug-likeness (QED) is 0.744. The summed E-state index contributed by atoms with van der Waals surface area (Å²) in [5.41, 5.74) is 0.313. The summed E-state index contributed by atoms with van der Waals surface area (Å²) in [5, 5.41) is 12.4. The van der Waals surface area contributed by atoms with Gasteiger partial charge in [0.05, 0.1) is 31.4 Å². The van der Waals surface area contributed by atoms with Crippen molar-refractivity contribution in [1.29, 1.82) is 0 Å². The molecule has 1 fully saturated rings. The maximum atomic E-state index is 11.9. The molecule has 18 heavy (non-hydrogen) atoms. The third-order valence-electron chi connectivity index (χ3n) is 2.71. The molecule has 7 nitrogen and oxygen atoms in total. The Balaban J connectivity index is 1.97. The van der Waals surface area contributed by atoms with Crippen molar-refractivity contribution in [2.75, 3.05) is 20.3 Å². The largest absolute Gasteiger partial charge is 0.467 e. The van der Waals surface area contributed by atoms with E-state index in [0.717, 1.165) is 0 Å². The Bertz CT molecular complexity index is 409. The van der Waals surface area contributed by atoms with Crippen LogP contribution in [-0.2, 0) is 4.74 Å². The highest BCUT2D eigenvalue weighted by molar-refractivity contribution is 5.93. The Morgan fingerprint density at radius 3 is 2.89 bits per heavy atom. The lowest BCUT2D eigenvalue weighted by molar-refractivity contribution is -0.0140. The van der Waals surface area contributed by atoms with E-state index in [4.69, 9.17) is 9.47 Å². The molecule has 0 unspecified atom stereocenters. The van der Waals surface area contributed by atoms with Crippen LogP contribution < -0.4 is 10.1 Å². The first-order chi connectivity index (χ1) is 8.70. The number of carbonyl (C=O) groups is 1. The number of amides is 1. The van der Waals surface area contributed by atoms with Crippen LogP contribution in [0, 0.1) is 0 Å². The number of methoxy groups -OCH3 is 1. The summed E-state index contributed by atoms with van der Waals surface area (Å²) in [6, 6.07) is -0.194. The van der Waals surface area contributed by atoms with E-state index in [1.165, 1.54) is 19.5 Å². The maximum Gasteiger partial charge on any atom is 0.316 e. The molecular weight excluding hydrogens is 238 g/mol. The lowest BCUT2D eigenvalue weighted by Gasteiger charge is -2.28. The van der Waals surface area contributed by atoms with Crippen LogP contribution in [0.25, 0.3) is 0 Å². The van der Waals surface area contributed by atoms with E-state index in [9.17, 15) is 9.90 Å². The van der Waals surface area contributed by atoms with Crippen LogP contribution in [0.15, 0.2) is 12.4 Å². The van der Waals surface area contributed by atoms with Crippen LogP contribution in [-0.4, -0.2) is 53.5 Å². The van der Waals surface area contributed by atoms with Crippen molar-refractivity contribution >= 4 is 5.91 Å². The number of carbonyl (C=O) groups excluding carboxylic acids is 1. The zero-order valence-electron chi connectivity index (χ0n) is 10.00. The van der Waals surface area contributed by atoms with Gasteiger partial charge in [-0.25, -0.2) is 9.97 Å². The lowest BCUT2D eigenvalue weighted by atomic mass is 10.1. The molecule has 0 radical (unpaired) electrons. The van der Waals surface area contributed by atoms with Crippen LogP contribution in [0.4, 0.5) is 0 Å². The molecule has 0 spiro atoms. The van der Waals surface area contributed by atoms with Crippen LogP contribution in [0.2, 0.25) is 0 Å². The van der Waals surface area contributed by atoms with E-state index in [-0.39, 0.29) is 11.9 Å². The Morgan fingerprint density at radius 1 is 1.56 bits per heavy atom. The molecule has 2 rings (SSSR count). The third kappa shape index (κ3) is 2.93. The van der Waals surface area contributed by atoms with Crippen molar-refractivity contribution in [2.45, 2.75) is 18.6 Å². The van der Waals surface area contributed by atoms with Crippen molar-refractivity contribution < 1.29 is 19.4 Å². The fraction of sp³-hybridized carbons (Fsp3) is 0.545. The highest BCUT2D eigenvalue weighted by Crippen LogP contribution is 2.09. The van der Waals surface area contributed by atoms with E-state index in [1.807, 2.05) is 0 Å². The number of nitrogens with one attached hydrogen (secondary N) is 1. The topological polar surface area (TPSA) is 93.6 Å². The van der Waals surface area contributed by atoms with Gasteiger partial charge >= 0.3 is 6.01 Å². The van der Waals surface area contributed by atoms with Gasteiger partial charge in [-0.2, -0.15) is 0 Å². The molecule has 0 aromatic carbocycles. The average molecular weight is 253 g/mol. The smallest absolute Gasteiger partial charge is 0.316 e. The van der Waals surface area contributed by atoms with Gasteiger partial charge in [0, 0.05) is 19.0 Å². The molecule has 98 valence electrons. The Morgan fingerprint density at radius 2 is 2.28 bits per heavy atom. The fourth-order valence-corrected chi connectivity index (χ4v) is 1.66. The normalized spacial score (nSPS) is 23.4. The first-order valence-corrected chi connectivity index (χ1v) is 5.63. The number of nitrogens with zero attached hydrogens (tertiary/aromatic N) is 2. The summed E-state index contributed by atoms with van der Waals surface area (Å²) < 4.78 is 10.0. The molecule has 1 aromatic heterocycles. The molecule has 1 amide bonds. The number of rotatable bonds is 3. The molecule has 1 aliphatic heterocycles. The molecule has 0 bridgehead atoms. The van der Waals surface area contributed by atoms with Gasteiger partial charge in [-0.05, 0) is 6.42 Å². The monoisotopic (exact) mass is 253 g/mol. The minimum absolute atomic E-state index is 0.201. The second kappa shape index (κ2) is 5.74. The zero-order chi connectivity index (χ0) is 13.0. The van der Waals surface area contributed by atoms with Crippen molar-refractivity contribution in [3.8, 4) is 6.01 Å². The number of ether oxygens (including phenoxy) is 2. The molecule has 7 heteroatoms. The molecule has 2 atom stereocenters. The highest BCUT2D eigenvalue weighted by Gasteiger charge is 2.25. The minimum atomic E-state index is -0.582. The highest BCUT2D eigenvalue weighted by atomic mass is 16.5.